The first-order valence-electron chi connectivity index (χ1n) is 8.88. The number of carbonyl (C=O) groups is 1. The van der Waals surface area contributed by atoms with Crippen LogP contribution in [0, 0.1) is 6.92 Å². The van der Waals surface area contributed by atoms with Crippen LogP contribution in [0.1, 0.15) is 35.1 Å². The average Bonchev–Trinajstić information content (AvgIpc) is 3.00. The van der Waals surface area contributed by atoms with E-state index in [9.17, 15) is 13.2 Å². The Kier molecular flexibility index (Phi) is 5.69. The minimum absolute atomic E-state index is 0.0989. The highest BCUT2D eigenvalue weighted by molar-refractivity contribution is 7.91. The fourth-order valence-electron chi connectivity index (χ4n) is 3.16. The molecule has 2 aromatic rings. The Hall–Kier alpha value is -2.55. The summed E-state index contributed by atoms with van der Waals surface area (Å²) < 4.78 is 23.6. The molecule has 1 fully saturated rings. The standard InChI is InChI=1S/C18H23N5O3S/c1-3-23(15-6-9-27(25,26)12-15)18-21-13(2)10-16(22-18)17(24)20-11-14-4-7-19-8-5-14/h4-5,7-8,10,15H,3,6,9,11-12H2,1-2H3,(H,20,24). The van der Waals surface area contributed by atoms with Crippen molar-refractivity contribution in [3.05, 3.63) is 47.5 Å². The second-order valence-corrected chi connectivity index (χ2v) is 8.80. The fourth-order valence-corrected chi connectivity index (χ4v) is 4.89. The molecule has 1 unspecified atom stereocenters. The first-order valence-corrected chi connectivity index (χ1v) is 10.7. The zero-order valence-electron chi connectivity index (χ0n) is 15.4. The molecule has 9 heteroatoms. The molecule has 1 amide bonds. The summed E-state index contributed by atoms with van der Waals surface area (Å²) in [6, 6.07) is 5.13. The van der Waals surface area contributed by atoms with E-state index in [4.69, 9.17) is 0 Å². The number of aromatic nitrogens is 3. The topological polar surface area (TPSA) is 105 Å². The molecule has 0 aliphatic carbocycles. The lowest BCUT2D eigenvalue weighted by Crippen LogP contribution is -2.38. The minimum atomic E-state index is -3.02. The molecule has 144 valence electrons. The smallest absolute Gasteiger partial charge is 0.270 e. The van der Waals surface area contributed by atoms with Gasteiger partial charge in [-0.05, 0) is 44.0 Å². The van der Waals surface area contributed by atoms with Crippen LogP contribution in [0.15, 0.2) is 30.6 Å². The Morgan fingerprint density at radius 1 is 1.30 bits per heavy atom. The fraction of sp³-hybridized carbons (Fsp3) is 0.444. The molecule has 1 saturated heterocycles. The molecule has 0 saturated carbocycles. The summed E-state index contributed by atoms with van der Waals surface area (Å²) in [7, 11) is -3.02. The summed E-state index contributed by atoms with van der Waals surface area (Å²) >= 11 is 0. The van der Waals surface area contributed by atoms with Crippen LogP contribution < -0.4 is 10.2 Å². The molecular weight excluding hydrogens is 366 g/mol. The Bertz CT molecular complexity index is 918. The largest absolute Gasteiger partial charge is 0.347 e. The van der Waals surface area contributed by atoms with Crippen LogP contribution in [0.25, 0.3) is 0 Å². The Morgan fingerprint density at radius 2 is 2.04 bits per heavy atom. The molecule has 3 rings (SSSR count). The molecule has 0 aromatic carbocycles. The first kappa shape index (κ1) is 19.2. The number of sulfone groups is 1. The third kappa shape index (κ3) is 4.79. The van der Waals surface area contributed by atoms with E-state index in [1.165, 1.54) is 0 Å². The number of rotatable bonds is 6. The number of hydrogen-bond donors (Lipinski definition) is 1. The lowest BCUT2D eigenvalue weighted by Gasteiger charge is -2.27. The predicted octanol–water partition coefficient (Wildman–Crippen LogP) is 1.12. The van der Waals surface area contributed by atoms with Crippen molar-refractivity contribution in [3.63, 3.8) is 0 Å². The molecule has 2 aromatic heterocycles. The van der Waals surface area contributed by atoms with Gasteiger partial charge in [0.1, 0.15) is 5.69 Å². The van der Waals surface area contributed by atoms with Gasteiger partial charge in [-0.1, -0.05) is 0 Å². The molecule has 3 heterocycles. The monoisotopic (exact) mass is 389 g/mol. The lowest BCUT2D eigenvalue weighted by atomic mass is 10.2. The van der Waals surface area contributed by atoms with E-state index in [1.54, 1.807) is 25.4 Å². The lowest BCUT2D eigenvalue weighted by molar-refractivity contribution is 0.0945. The van der Waals surface area contributed by atoms with E-state index >= 15 is 0 Å². The second kappa shape index (κ2) is 7.99. The van der Waals surface area contributed by atoms with Gasteiger partial charge in [0, 0.05) is 37.2 Å². The van der Waals surface area contributed by atoms with Gasteiger partial charge in [-0.25, -0.2) is 18.4 Å². The molecular formula is C18H23N5O3S. The van der Waals surface area contributed by atoms with Crippen molar-refractivity contribution in [3.8, 4) is 0 Å². The van der Waals surface area contributed by atoms with Crippen molar-refractivity contribution in [1.82, 2.24) is 20.3 Å². The minimum Gasteiger partial charge on any atom is -0.347 e. The van der Waals surface area contributed by atoms with Crippen LogP contribution in [-0.2, 0) is 16.4 Å². The van der Waals surface area contributed by atoms with Crippen LogP contribution >= 0.6 is 0 Å². The van der Waals surface area contributed by atoms with Gasteiger partial charge in [0.15, 0.2) is 9.84 Å². The number of anilines is 1. The number of amides is 1. The number of pyridine rings is 1. The van der Waals surface area contributed by atoms with Crippen LogP contribution in [0.3, 0.4) is 0 Å². The van der Waals surface area contributed by atoms with E-state index in [0.717, 1.165) is 5.56 Å². The third-order valence-corrected chi connectivity index (χ3v) is 6.27. The summed E-state index contributed by atoms with van der Waals surface area (Å²) in [5.74, 6) is 0.378. The summed E-state index contributed by atoms with van der Waals surface area (Å²) in [5.41, 5.74) is 1.87. The third-order valence-electron chi connectivity index (χ3n) is 4.52. The van der Waals surface area contributed by atoms with Crippen molar-refractivity contribution >= 4 is 21.7 Å². The van der Waals surface area contributed by atoms with Crippen molar-refractivity contribution in [2.24, 2.45) is 0 Å². The molecule has 1 N–H and O–H groups in total. The number of nitrogens with one attached hydrogen (secondary N) is 1. The quantitative estimate of drug-likeness (QED) is 0.789. The molecule has 27 heavy (non-hydrogen) atoms. The zero-order valence-corrected chi connectivity index (χ0v) is 16.2. The van der Waals surface area contributed by atoms with Gasteiger partial charge in [0.25, 0.3) is 5.91 Å². The van der Waals surface area contributed by atoms with Crippen molar-refractivity contribution in [2.45, 2.75) is 32.9 Å². The van der Waals surface area contributed by atoms with E-state index in [0.29, 0.717) is 31.2 Å². The van der Waals surface area contributed by atoms with Gasteiger partial charge in [-0.15, -0.1) is 0 Å². The Morgan fingerprint density at radius 3 is 2.67 bits per heavy atom. The predicted molar refractivity (Wildman–Crippen MR) is 102 cm³/mol. The number of nitrogens with zero attached hydrogens (tertiary/aromatic N) is 4. The molecule has 0 bridgehead atoms. The van der Waals surface area contributed by atoms with Crippen LogP contribution in [-0.4, -0.2) is 53.4 Å². The van der Waals surface area contributed by atoms with Crippen molar-refractivity contribution in [1.29, 1.82) is 0 Å². The molecule has 1 aliphatic heterocycles. The Balaban J connectivity index is 1.77. The van der Waals surface area contributed by atoms with Crippen LogP contribution in [0.2, 0.25) is 0 Å². The highest BCUT2D eigenvalue weighted by Crippen LogP contribution is 2.22. The maximum absolute atomic E-state index is 12.5. The van der Waals surface area contributed by atoms with Crippen molar-refractivity contribution in [2.75, 3.05) is 23.0 Å². The highest BCUT2D eigenvalue weighted by Gasteiger charge is 2.33. The number of carbonyl (C=O) groups excluding carboxylic acids is 1. The highest BCUT2D eigenvalue weighted by atomic mass is 32.2. The van der Waals surface area contributed by atoms with E-state index < -0.39 is 9.84 Å². The first-order chi connectivity index (χ1) is 12.9. The average molecular weight is 389 g/mol. The van der Waals surface area contributed by atoms with Gasteiger partial charge < -0.3 is 10.2 Å². The van der Waals surface area contributed by atoms with Crippen molar-refractivity contribution < 1.29 is 13.2 Å². The van der Waals surface area contributed by atoms with Gasteiger partial charge in [-0.3, -0.25) is 9.78 Å². The van der Waals surface area contributed by atoms with E-state index in [-0.39, 0.29) is 29.1 Å². The Labute approximate surface area is 159 Å². The van der Waals surface area contributed by atoms with E-state index in [2.05, 4.69) is 20.3 Å². The summed E-state index contributed by atoms with van der Waals surface area (Å²) in [4.78, 5) is 27.2. The second-order valence-electron chi connectivity index (χ2n) is 6.58. The molecule has 0 spiro atoms. The number of hydrogen-bond acceptors (Lipinski definition) is 7. The maximum Gasteiger partial charge on any atom is 0.270 e. The number of aryl methyl sites for hydroxylation is 1. The summed E-state index contributed by atoms with van der Waals surface area (Å²) in [5, 5.41) is 2.84. The molecule has 1 atom stereocenters. The zero-order chi connectivity index (χ0) is 19.4. The maximum atomic E-state index is 12.5. The van der Waals surface area contributed by atoms with Crippen LogP contribution in [0.4, 0.5) is 5.95 Å². The summed E-state index contributed by atoms with van der Waals surface area (Å²) in [6.45, 7) is 4.67. The van der Waals surface area contributed by atoms with E-state index in [1.807, 2.05) is 24.0 Å². The van der Waals surface area contributed by atoms with Gasteiger partial charge in [-0.2, -0.15) is 0 Å². The normalized spacial score (nSPS) is 18.2. The van der Waals surface area contributed by atoms with Gasteiger partial charge in [0.05, 0.1) is 11.5 Å². The van der Waals surface area contributed by atoms with Gasteiger partial charge in [0.2, 0.25) is 5.95 Å². The summed E-state index contributed by atoms with van der Waals surface area (Å²) in [6.07, 6.45) is 3.89. The van der Waals surface area contributed by atoms with Crippen LogP contribution in [0.5, 0.6) is 0 Å². The molecule has 1 aliphatic rings. The SMILES string of the molecule is CCN(c1nc(C)cc(C(=O)NCc2ccncc2)n1)C1CCS(=O)(=O)C1. The molecule has 0 radical (unpaired) electrons. The van der Waals surface area contributed by atoms with Gasteiger partial charge >= 0.3 is 0 Å². The molecule has 8 nitrogen and oxygen atoms in total.